The Morgan fingerprint density at radius 2 is 1.50 bits per heavy atom. The highest BCUT2D eigenvalue weighted by Gasteiger charge is 2.12. The summed E-state index contributed by atoms with van der Waals surface area (Å²) in [7, 11) is -3.67. The molecule has 144 valence electrons. The highest BCUT2D eigenvalue weighted by molar-refractivity contribution is 14.1. The summed E-state index contributed by atoms with van der Waals surface area (Å²) >= 11 is 4.40. The third kappa shape index (κ3) is 5.67. The zero-order chi connectivity index (χ0) is 20.0. The van der Waals surface area contributed by atoms with Crippen LogP contribution in [0.25, 0.3) is 0 Å². The molecule has 0 saturated carbocycles. The zero-order valence-corrected chi connectivity index (χ0v) is 19.7. The molecule has 8 heteroatoms. The molecule has 0 bridgehead atoms. The Morgan fingerprint density at radius 1 is 0.929 bits per heavy atom. The van der Waals surface area contributed by atoms with Crippen molar-refractivity contribution in [1.29, 1.82) is 0 Å². The predicted octanol–water partition coefficient (Wildman–Crippen LogP) is 4.79. The summed E-state index contributed by atoms with van der Waals surface area (Å²) in [6.07, 6.45) is 1.48. The molecule has 0 fully saturated rings. The number of ether oxygens (including phenoxy) is 1. The number of rotatable bonds is 7. The molecule has 28 heavy (non-hydrogen) atoms. The molecule has 1 N–H and O–H groups in total. The molecule has 0 radical (unpaired) electrons. The molecule has 3 aromatic rings. The van der Waals surface area contributed by atoms with Crippen molar-refractivity contribution in [2.75, 3.05) is 0 Å². The van der Waals surface area contributed by atoms with Gasteiger partial charge >= 0.3 is 0 Å². The fourth-order valence-electron chi connectivity index (χ4n) is 2.34. The molecule has 0 spiro atoms. The lowest BCUT2D eigenvalue weighted by molar-refractivity contribution is 0.302. The van der Waals surface area contributed by atoms with Gasteiger partial charge in [0.25, 0.3) is 10.0 Å². The van der Waals surface area contributed by atoms with Crippen molar-refractivity contribution in [1.82, 2.24) is 4.83 Å². The summed E-state index contributed by atoms with van der Waals surface area (Å²) in [5.41, 5.74) is 1.87. The lowest BCUT2D eigenvalue weighted by Crippen LogP contribution is -2.18. The molecule has 0 aromatic heterocycles. The van der Waals surface area contributed by atoms with Gasteiger partial charge in [-0.15, -0.1) is 0 Å². The van der Waals surface area contributed by atoms with Gasteiger partial charge in [0.05, 0.1) is 18.3 Å². The summed E-state index contributed by atoms with van der Waals surface area (Å²) in [6, 6.07) is 21.9. The lowest BCUT2D eigenvalue weighted by Gasteiger charge is -2.11. The van der Waals surface area contributed by atoms with E-state index in [2.05, 4.69) is 55.1 Å². The third-order valence-electron chi connectivity index (χ3n) is 3.69. The van der Waals surface area contributed by atoms with E-state index in [0.29, 0.717) is 6.61 Å². The van der Waals surface area contributed by atoms with E-state index in [9.17, 15) is 8.42 Å². The number of benzene rings is 3. The summed E-state index contributed by atoms with van der Waals surface area (Å²) < 4.78 is 32.2. The van der Waals surface area contributed by atoms with Crippen LogP contribution in [0, 0.1) is 7.14 Å². The summed E-state index contributed by atoms with van der Waals surface area (Å²) in [5.74, 6) is 0.798. The average molecular weight is 618 g/mol. The highest BCUT2D eigenvalue weighted by Crippen LogP contribution is 2.29. The van der Waals surface area contributed by atoms with Gasteiger partial charge < -0.3 is 4.74 Å². The Morgan fingerprint density at radius 3 is 2.11 bits per heavy atom. The van der Waals surface area contributed by atoms with Crippen LogP contribution < -0.4 is 9.57 Å². The van der Waals surface area contributed by atoms with E-state index in [1.165, 1.54) is 18.3 Å². The molecule has 3 rings (SSSR count). The Bertz CT molecular complexity index is 1050. The fourth-order valence-corrected chi connectivity index (χ4v) is 5.28. The number of hydrazone groups is 1. The molecule has 0 amide bonds. The van der Waals surface area contributed by atoms with Crippen molar-refractivity contribution in [2.45, 2.75) is 11.5 Å². The van der Waals surface area contributed by atoms with Crippen LogP contribution in [0.3, 0.4) is 0 Å². The van der Waals surface area contributed by atoms with Gasteiger partial charge in [-0.1, -0.05) is 48.5 Å². The maximum Gasteiger partial charge on any atom is 0.276 e. The Hall–Kier alpha value is -1.66. The number of hydrogen-bond donors (Lipinski definition) is 1. The van der Waals surface area contributed by atoms with Gasteiger partial charge in [0.2, 0.25) is 0 Å². The fraction of sp³-hybridized carbons (Fsp3) is 0.0500. The number of hydrogen-bond acceptors (Lipinski definition) is 4. The van der Waals surface area contributed by atoms with Crippen LogP contribution in [-0.2, 0) is 16.6 Å². The first-order valence-electron chi connectivity index (χ1n) is 8.21. The van der Waals surface area contributed by atoms with E-state index in [4.69, 9.17) is 4.74 Å². The topological polar surface area (TPSA) is 67.8 Å². The van der Waals surface area contributed by atoms with Crippen LogP contribution >= 0.6 is 45.2 Å². The van der Waals surface area contributed by atoms with Gasteiger partial charge in [0.15, 0.2) is 0 Å². The van der Waals surface area contributed by atoms with Gasteiger partial charge in [0.1, 0.15) is 12.4 Å². The number of sulfonamides is 1. The van der Waals surface area contributed by atoms with Crippen LogP contribution in [0.5, 0.6) is 5.75 Å². The third-order valence-corrected chi connectivity index (χ3v) is 6.53. The first kappa shape index (κ1) is 21.1. The van der Waals surface area contributed by atoms with E-state index >= 15 is 0 Å². The molecule has 3 aromatic carbocycles. The van der Waals surface area contributed by atoms with Crippen molar-refractivity contribution in [3.05, 3.63) is 91.1 Å². The lowest BCUT2D eigenvalue weighted by atomic mass is 10.2. The van der Waals surface area contributed by atoms with Crippen LogP contribution in [0.1, 0.15) is 11.1 Å². The number of halogens is 2. The van der Waals surface area contributed by atoms with E-state index in [1.807, 2.05) is 42.5 Å². The number of nitrogens with zero attached hydrogens (tertiary/aromatic N) is 1. The number of nitrogens with one attached hydrogen (secondary N) is 1. The van der Waals surface area contributed by atoms with Crippen LogP contribution in [0.15, 0.2) is 82.8 Å². The molecule has 0 heterocycles. The first-order valence-corrected chi connectivity index (χ1v) is 11.9. The molecule has 0 unspecified atom stereocenters. The smallest absolute Gasteiger partial charge is 0.276 e. The van der Waals surface area contributed by atoms with Gasteiger partial charge in [-0.3, -0.25) is 0 Å². The van der Waals surface area contributed by atoms with Gasteiger partial charge in [-0.05, 0) is 80.6 Å². The van der Waals surface area contributed by atoms with Crippen molar-refractivity contribution in [3.63, 3.8) is 0 Å². The quantitative estimate of drug-likeness (QED) is 0.236. The Labute approximate surface area is 191 Å². The Kier molecular flexibility index (Phi) is 7.30. The largest absolute Gasteiger partial charge is 0.487 e. The highest BCUT2D eigenvalue weighted by atomic mass is 127. The van der Waals surface area contributed by atoms with Crippen LogP contribution in [0.4, 0.5) is 0 Å². The maximum atomic E-state index is 12.2. The molecule has 0 aliphatic heterocycles. The normalized spacial score (nSPS) is 11.5. The summed E-state index contributed by atoms with van der Waals surface area (Å²) in [5, 5.41) is 3.88. The van der Waals surface area contributed by atoms with Gasteiger partial charge in [-0.25, -0.2) is 4.83 Å². The molecular weight excluding hydrogens is 602 g/mol. The van der Waals surface area contributed by atoms with E-state index in [1.54, 1.807) is 18.2 Å². The molecule has 0 aliphatic rings. The minimum atomic E-state index is -3.67. The minimum Gasteiger partial charge on any atom is -0.487 e. The molecular formula is C20H16I2N2O3S. The monoisotopic (exact) mass is 618 g/mol. The van der Waals surface area contributed by atoms with E-state index in [0.717, 1.165) is 24.0 Å². The first-order chi connectivity index (χ1) is 13.5. The second-order valence-corrected chi connectivity index (χ2v) is 9.74. The molecule has 0 aliphatic carbocycles. The van der Waals surface area contributed by atoms with Crippen LogP contribution in [0.2, 0.25) is 0 Å². The van der Waals surface area contributed by atoms with Gasteiger partial charge in [0, 0.05) is 0 Å². The molecule has 0 atom stereocenters. The van der Waals surface area contributed by atoms with Crippen molar-refractivity contribution in [2.24, 2.45) is 5.10 Å². The van der Waals surface area contributed by atoms with E-state index in [-0.39, 0.29) is 4.90 Å². The second kappa shape index (κ2) is 9.70. The average Bonchev–Trinajstić information content (AvgIpc) is 2.69. The summed E-state index contributed by atoms with van der Waals surface area (Å²) in [6.45, 7) is 0.483. The van der Waals surface area contributed by atoms with Crippen molar-refractivity contribution >= 4 is 61.4 Å². The van der Waals surface area contributed by atoms with Gasteiger partial charge in [-0.2, -0.15) is 13.5 Å². The van der Waals surface area contributed by atoms with Crippen molar-refractivity contribution < 1.29 is 13.2 Å². The van der Waals surface area contributed by atoms with Crippen LogP contribution in [-0.4, -0.2) is 14.6 Å². The summed E-state index contributed by atoms with van der Waals surface area (Å²) in [4.78, 5) is 2.40. The van der Waals surface area contributed by atoms with E-state index < -0.39 is 10.0 Å². The Balaban J connectivity index is 1.69. The SMILES string of the molecule is O=S(=O)(N/N=C\c1cc(I)c(OCc2ccccc2)c(I)c1)c1ccccc1. The minimum absolute atomic E-state index is 0.168. The second-order valence-electron chi connectivity index (χ2n) is 5.75. The van der Waals surface area contributed by atoms with Crippen molar-refractivity contribution in [3.8, 4) is 5.75 Å². The maximum absolute atomic E-state index is 12.2. The zero-order valence-electron chi connectivity index (χ0n) is 14.5. The molecule has 0 saturated heterocycles. The predicted molar refractivity (Wildman–Crippen MR) is 127 cm³/mol. The standard InChI is InChI=1S/C20H16I2N2O3S/c21-18-11-16(13-23-24-28(25,26)17-9-5-2-6-10-17)12-19(22)20(18)27-14-15-7-3-1-4-8-15/h1-13,24H,14H2/b23-13-. The molecule has 5 nitrogen and oxygen atoms in total.